The van der Waals surface area contributed by atoms with Crippen LogP contribution < -0.4 is 16.8 Å². The maximum atomic E-state index is 11.8. The Hall–Kier alpha value is -2.40. The van der Waals surface area contributed by atoms with Gasteiger partial charge in [0, 0.05) is 5.69 Å². The van der Waals surface area contributed by atoms with E-state index in [0.29, 0.717) is 5.69 Å². The summed E-state index contributed by atoms with van der Waals surface area (Å²) in [6, 6.07) is 9.06. The van der Waals surface area contributed by atoms with Gasteiger partial charge in [-0.3, -0.25) is 15.0 Å². The Morgan fingerprint density at radius 1 is 1.16 bits per heavy atom. The highest BCUT2D eigenvalue weighted by molar-refractivity contribution is 5.93. The van der Waals surface area contributed by atoms with Crippen molar-refractivity contribution in [2.45, 2.75) is 13.8 Å². The van der Waals surface area contributed by atoms with E-state index in [9.17, 15) is 9.59 Å². The van der Waals surface area contributed by atoms with Crippen LogP contribution in [0.4, 0.5) is 0 Å². The summed E-state index contributed by atoms with van der Waals surface area (Å²) in [5.41, 5.74) is 5.37. The van der Waals surface area contributed by atoms with E-state index in [1.165, 1.54) is 11.6 Å². The molecule has 19 heavy (non-hydrogen) atoms. The van der Waals surface area contributed by atoms with Crippen molar-refractivity contribution in [3.63, 3.8) is 0 Å². The van der Waals surface area contributed by atoms with E-state index in [-0.39, 0.29) is 5.56 Å². The first-order chi connectivity index (χ1) is 9.02. The molecule has 2 rings (SSSR count). The van der Waals surface area contributed by atoms with E-state index in [1.807, 2.05) is 37.5 Å². The standard InChI is InChI=1S/C14H15N3O2/c1-8-3-4-10(7-9(8)2)12-6-5-11(13(18)16-12)14(19)17-15/h3-7H,15H2,1-2H3,(H,16,18)(H,17,19). The summed E-state index contributed by atoms with van der Waals surface area (Å²) in [4.78, 5) is 25.8. The number of aromatic amines is 1. The van der Waals surface area contributed by atoms with Crippen molar-refractivity contribution in [1.29, 1.82) is 0 Å². The molecule has 0 aliphatic carbocycles. The molecule has 0 saturated heterocycles. The van der Waals surface area contributed by atoms with Gasteiger partial charge in [0.1, 0.15) is 5.56 Å². The molecule has 98 valence electrons. The minimum atomic E-state index is -0.604. The Bertz CT molecular complexity index is 689. The number of hydrogen-bond acceptors (Lipinski definition) is 3. The highest BCUT2D eigenvalue weighted by atomic mass is 16.2. The zero-order chi connectivity index (χ0) is 14.0. The molecule has 0 aliphatic heterocycles. The number of carbonyl (C=O) groups excluding carboxylic acids is 1. The highest BCUT2D eigenvalue weighted by Gasteiger charge is 2.10. The molecule has 0 aliphatic rings. The minimum absolute atomic E-state index is 0.00455. The van der Waals surface area contributed by atoms with Crippen molar-refractivity contribution in [2.24, 2.45) is 5.84 Å². The Morgan fingerprint density at radius 2 is 1.89 bits per heavy atom. The van der Waals surface area contributed by atoms with Gasteiger partial charge in [-0.2, -0.15) is 0 Å². The van der Waals surface area contributed by atoms with Crippen LogP contribution in [-0.2, 0) is 0 Å². The highest BCUT2D eigenvalue weighted by Crippen LogP contribution is 2.19. The lowest BCUT2D eigenvalue weighted by Gasteiger charge is -2.06. The van der Waals surface area contributed by atoms with Gasteiger partial charge in [0.15, 0.2) is 0 Å². The zero-order valence-electron chi connectivity index (χ0n) is 10.8. The molecule has 0 bridgehead atoms. The Labute approximate surface area is 110 Å². The number of nitrogen functional groups attached to an aromatic ring is 1. The molecule has 1 amide bonds. The van der Waals surface area contributed by atoms with Crippen molar-refractivity contribution in [2.75, 3.05) is 0 Å². The predicted octanol–water partition coefficient (Wildman–Crippen LogP) is 1.26. The van der Waals surface area contributed by atoms with Crippen molar-refractivity contribution in [3.05, 3.63) is 57.4 Å². The zero-order valence-corrected chi connectivity index (χ0v) is 10.8. The summed E-state index contributed by atoms with van der Waals surface area (Å²) in [6.07, 6.45) is 0. The van der Waals surface area contributed by atoms with E-state index in [0.717, 1.165) is 11.1 Å². The summed E-state index contributed by atoms with van der Waals surface area (Å²) in [6.45, 7) is 4.03. The summed E-state index contributed by atoms with van der Waals surface area (Å²) >= 11 is 0. The van der Waals surface area contributed by atoms with Crippen molar-refractivity contribution in [1.82, 2.24) is 10.4 Å². The maximum absolute atomic E-state index is 11.8. The van der Waals surface area contributed by atoms with Crippen molar-refractivity contribution < 1.29 is 4.79 Å². The average Bonchev–Trinajstić information content (AvgIpc) is 2.41. The first-order valence-electron chi connectivity index (χ1n) is 5.85. The van der Waals surface area contributed by atoms with E-state index in [4.69, 9.17) is 5.84 Å². The second kappa shape index (κ2) is 5.07. The monoisotopic (exact) mass is 257 g/mol. The first-order valence-corrected chi connectivity index (χ1v) is 5.85. The van der Waals surface area contributed by atoms with Crippen LogP contribution in [0.5, 0.6) is 0 Å². The number of hydrazine groups is 1. The number of benzene rings is 1. The molecule has 0 atom stereocenters. The van der Waals surface area contributed by atoms with Crippen molar-refractivity contribution in [3.8, 4) is 11.3 Å². The Kier molecular flexibility index (Phi) is 3.48. The van der Waals surface area contributed by atoms with Crippen LogP contribution in [0.2, 0.25) is 0 Å². The maximum Gasteiger partial charge on any atom is 0.270 e. The lowest BCUT2D eigenvalue weighted by Crippen LogP contribution is -2.34. The van der Waals surface area contributed by atoms with Crippen LogP contribution in [0.3, 0.4) is 0 Å². The van der Waals surface area contributed by atoms with Gasteiger partial charge in [0.05, 0.1) is 0 Å². The molecule has 4 N–H and O–H groups in total. The van der Waals surface area contributed by atoms with Gasteiger partial charge in [0.2, 0.25) is 0 Å². The van der Waals surface area contributed by atoms with Gasteiger partial charge in [-0.05, 0) is 48.7 Å². The summed E-state index contributed by atoms with van der Waals surface area (Å²) in [7, 11) is 0. The number of nitrogens with two attached hydrogens (primary N) is 1. The van der Waals surface area contributed by atoms with Crippen LogP contribution >= 0.6 is 0 Å². The van der Waals surface area contributed by atoms with E-state index in [1.54, 1.807) is 6.07 Å². The fraction of sp³-hybridized carbons (Fsp3) is 0.143. The predicted molar refractivity (Wildman–Crippen MR) is 73.6 cm³/mol. The molecule has 5 heteroatoms. The third-order valence-electron chi connectivity index (χ3n) is 3.10. The lowest BCUT2D eigenvalue weighted by molar-refractivity contribution is 0.0952. The van der Waals surface area contributed by atoms with Gasteiger partial charge < -0.3 is 4.98 Å². The number of aromatic nitrogens is 1. The largest absolute Gasteiger partial charge is 0.321 e. The van der Waals surface area contributed by atoms with E-state index < -0.39 is 11.5 Å². The molecule has 0 fully saturated rings. The third kappa shape index (κ3) is 2.56. The third-order valence-corrected chi connectivity index (χ3v) is 3.10. The van der Waals surface area contributed by atoms with Crippen LogP contribution in [0.1, 0.15) is 21.5 Å². The molecular weight excluding hydrogens is 242 g/mol. The number of rotatable bonds is 2. The van der Waals surface area contributed by atoms with Gasteiger partial charge in [-0.1, -0.05) is 12.1 Å². The lowest BCUT2D eigenvalue weighted by atomic mass is 10.0. The number of aryl methyl sites for hydroxylation is 2. The normalized spacial score (nSPS) is 10.3. The van der Waals surface area contributed by atoms with Crippen LogP contribution in [-0.4, -0.2) is 10.9 Å². The number of pyridine rings is 1. The second-order valence-electron chi connectivity index (χ2n) is 4.39. The van der Waals surface area contributed by atoms with Gasteiger partial charge in [0.25, 0.3) is 11.5 Å². The van der Waals surface area contributed by atoms with Gasteiger partial charge >= 0.3 is 0 Å². The number of carbonyl (C=O) groups is 1. The Balaban J connectivity index is 2.47. The van der Waals surface area contributed by atoms with Crippen molar-refractivity contribution >= 4 is 5.91 Å². The minimum Gasteiger partial charge on any atom is -0.321 e. The Morgan fingerprint density at radius 3 is 2.47 bits per heavy atom. The van der Waals surface area contributed by atoms with Crippen LogP contribution in [0.25, 0.3) is 11.3 Å². The van der Waals surface area contributed by atoms with Crippen LogP contribution in [0.15, 0.2) is 35.1 Å². The first kappa shape index (κ1) is 13.0. The summed E-state index contributed by atoms with van der Waals surface area (Å²) < 4.78 is 0. The molecular formula is C14H15N3O2. The number of amides is 1. The summed E-state index contributed by atoms with van der Waals surface area (Å²) in [5.74, 6) is 4.40. The quantitative estimate of drug-likeness (QED) is 0.430. The molecule has 1 aromatic heterocycles. The van der Waals surface area contributed by atoms with E-state index in [2.05, 4.69) is 4.98 Å². The SMILES string of the molecule is Cc1ccc(-c2ccc(C(=O)NN)c(=O)[nH]2)cc1C. The molecule has 2 aromatic rings. The second-order valence-corrected chi connectivity index (χ2v) is 4.39. The number of H-pyrrole nitrogens is 1. The molecule has 5 nitrogen and oxygen atoms in total. The van der Waals surface area contributed by atoms with E-state index >= 15 is 0 Å². The smallest absolute Gasteiger partial charge is 0.270 e. The average molecular weight is 257 g/mol. The molecule has 0 saturated carbocycles. The number of nitrogens with one attached hydrogen (secondary N) is 2. The molecule has 0 radical (unpaired) electrons. The molecule has 0 unspecified atom stereocenters. The summed E-state index contributed by atoms with van der Waals surface area (Å²) in [5, 5.41) is 0. The van der Waals surface area contributed by atoms with Gasteiger partial charge in [-0.25, -0.2) is 5.84 Å². The molecule has 1 aromatic carbocycles. The fourth-order valence-electron chi connectivity index (χ4n) is 1.81. The fourth-order valence-corrected chi connectivity index (χ4v) is 1.81. The van der Waals surface area contributed by atoms with Gasteiger partial charge in [-0.15, -0.1) is 0 Å². The number of hydrogen-bond donors (Lipinski definition) is 3. The molecule has 1 heterocycles. The van der Waals surface area contributed by atoms with Crippen LogP contribution in [0, 0.1) is 13.8 Å². The molecule has 0 spiro atoms. The topological polar surface area (TPSA) is 88.0 Å².